The number of rotatable bonds is 7. The van der Waals surface area contributed by atoms with Gasteiger partial charge >= 0.3 is 0 Å². The molecule has 1 unspecified atom stereocenters. The summed E-state index contributed by atoms with van der Waals surface area (Å²) >= 11 is 0. The number of unbranched alkanes of at least 4 members (excludes halogenated alkanes) is 1. The number of fused-ring (bicyclic) bond motifs is 1. The van der Waals surface area contributed by atoms with E-state index in [-0.39, 0.29) is 18.2 Å². The predicted molar refractivity (Wildman–Crippen MR) is 104 cm³/mol. The molecule has 1 aromatic carbocycles. The maximum atomic E-state index is 13.4. The van der Waals surface area contributed by atoms with E-state index in [0.717, 1.165) is 24.0 Å². The Kier molecular flexibility index (Phi) is 6.06. The van der Waals surface area contributed by atoms with E-state index in [4.69, 9.17) is 4.74 Å². The number of ether oxygens (including phenoxy) is 1. The molecule has 0 radical (unpaired) electrons. The first-order valence-corrected chi connectivity index (χ1v) is 9.27. The molecule has 27 heavy (non-hydrogen) atoms. The van der Waals surface area contributed by atoms with Crippen LogP contribution in [0.25, 0.3) is 0 Å². The van der Waals surface area contributed by atoms with Gasteiger partial charge in [0.2, 0.25) is 11.8 Å². The van der Waals surface area contributed by atoms with Crippen LogP contribution in [0.2, 0.25) is 0 Å². The average molecular weight is 367 g/mol. The summed E-state index contributed by atoms with van der Waals surface area (Å²) in [6, 6.07) is 9.26. The maximum Gasteiger partial charge on any atom is 0.231 e. The van der Waals surface area contributed by atoms with Gasteiger partial charge in [-0.2, -0.15) is 0 Å². The number of anilines is 1. The van der Waals surface area contributed by atoms with E-state index in [2.05, 4.69) is 17.2 Å². The summed E-state index contributed by atoms with van der Waals surface area (Å²) in [5, 5.41) is 2.85. The fourth-order valence-corrected chi connectivity index (χ4v) is 3.33. The maximum absolute atomic E-state index is 13.4. The van der Waals surface area contributed by atoms with Crippen molar-refractivity contribution in [3.8, 4) is 5.75 Å². The molecular weight excluding hydrogens is 342 g/mol. The van der Waals surface area contributed by atoms with Crippen LogP contribution in [0.3, 0.4) is 0 Å². The molecule has 1 aromatic heterocycles. The summed E-state index contributed by atoms with van der Waals surface area (Å²) in [6.45, 7) is 3.27. The quantitative estimate of drug-likeness (QED) is 0.815. The first-order chi connectivity index (χ1) is 13.1. The van der Waals surface area contributed by atoms with Crippen LogP contribution in [-0.2, 0) is 16.1 Å². The highest BCUT2D eigenvalue weighted by atomic mass is 16.5. The predicted octanol–water partition coefficient (Wildman–Crippen LogP) is 3.34. The second-order valence-corrected chi connectivity index (χ2v) is 6.73. The minimum Gasteiger partial charge on any atom is -0.497 e. The fraction of sp³-hybridized carbons (Fsp3) is 0.381. The van der Waals surface area contributed by atoms with Gasteiger partial charge in [0, 0.05) is 37.6 Å². The first-order valence-electron chi connectivity index (χ1n) is 9.27. The zero-order chi connectivity index (χ0) is 19.2. The van der Waals surface area contributed by atoms with E-state index in [0.29, 0.717) is 24.5 Å². The Morgan fingerprint density at radius 3 is 2.78 bits per heavy atom. The second-order valence-electron chi connectivity index (χ2n) is 6.73. The van der Waals surface area contributed by atoms with Gasteiger partial charge in [0.05, 0.1) is 13.0 Å². The molecule has 1 aliphatic rings. The molecule has 0 saturated heterocycles. The van der Waals surface area contributed by atoms with Gasteiger partial charge in [0.25, 0.3) is 0 Å². The SMILES string of the molecule is CCCCN(Cc1ccncc1)C(=O)C1CC(=O)Nc2ccc(OC)cc21. The summed E-state index contributed by atoms with van der Waals surface area (Å²) in [4.78, 5) is 31.5. The Morgan fingerprint density at radius 1 is 1.30 bits per heavy atom. The second kappa shape index (κ2) is 8.66. The molecule has 142 valence electrons. The van der Waals surface area contributed by atoms with Crippen LogP contribution in [-0.4, -0.2) is 35.4 Å². The number of nitrogens with one attached hydrogen (secondary N) is 1. The van der Waals surface area contributed by atoms with E-state index >= 15 is 0 Å². The van der Waals surface area contributed by atoms with Crippen molar-refractivity contribution in [2.24, 2.45) is 0 Å². The van der Waals surface area contributed by atoms with Gasteiger partial charge in [-0.1, -0.05) is 13.3 Å². The van der Waals surface area contributed by atoms with Crippen LogP contribution in [0, 0.1) is 0 Å². The third-order valence-corrected chi connectivity index (χ3v) is 4.81. The van der Waals surface area contributed by atoms with Gasteiger partial charge in [-0.05, 0) is 47.9 Å². The zero-order valence-corrected chi connectivity index (χ0v) is 15.8. The Labute approximate surface area is 159 Å². The van der Waals surface area contributed by atoms with Gasteiger partial charge in [0.1, 0.15) is 5.75 Å². The van der Waals surface area contributed by atoms with Crippen molar-refractivity contribution in [1.29, 1.82) is 0 Å². The van der Waals surface area contributed by atoms with E-state index in [1.54, 1.807) is 31.6 Å². The lowest BCUT2D eigenvalue weighted by molar-refractivity contribution is -0.135. The van der Waals surface area contributed by atoms with Crippen LogP contribution in [0.1, 0.15) is 43.2 Å². The molecule has 1 atom stereocenters. The topological polar surface area (TPSA) is 71.5 Å². The number of carbonyl (C=O) groups is 2. The Morgan fingerprint density at radius 2 is 2.07 bits per heavy atom. The van der Waals surface area contributed by atoms with E-state index in [1.807, 2.05) is 23.1 Å². The molecule has 6 nitrogen and oxygen atoms in total. The first kappa shape index (κ1) is 18.9. The third-order valence-electron chi connectivity index (χ3n) is 4.81. The number of amides is 2. The standard InChI is InChI=1S/C21H25N3O3/c1-3-4-11-24(14-15-7-9-22-10-8-15)21(26)18-13-20(25)23-19-6-5-16(27-2)12-17(18)19/h5-10,12,18H,3-4,11,13-14H2,1-2H3,(H,23,25). The van der Waals surface area contributed by atoms with E-state index in [1.165, 1.54) is 0 Å². The van der Waals surface area contributed by atoms with Crippen LogP contribution in [0.4, 0.5) is 5.69 Å². The molecule has 0 aliphatic carbocycles. The molecule has 2 amide bonds. The highest BCUT2D eigenvalue weighted by Crippen LogP contribution is 2.36. The highest BCUT2D eigenvalue weighted by Gasteiger charge is 2.33. The Hall–Kier alpha value is -2.89. The summed E-state index contributed by atoms with van der Waals surface area (Å²) < 4.78 is 5.31. The van der Waals surface area contributed by atoms with Crippen molar-refractivity contribution in [1.82, 2.24) is 9.88 Å². The molecule has 6 heteroatoms. The number of benzene rings is 1. The molecule has 2 aromatic rings. The molecule has 0 spiro atoms. The molecule has 1 N–H and O–H groups in total. The molecule has 0 saturated carbocycles. The van der Waals surface area contributed by atoms with Gasteiger partial charge < -0.3 is 15.0 Å². The van der Waals surface area contributed by atoms with Gasteiger partial charge in [-0.25, -0.2) is 0 Å². The lowest BCUT2D eigenvalue weighted by Gasteiger charge is -2.31. The van der Waals surface area contributed by atoms with E-state index in [9.17, 15) is 9.59 Å². The molecule has 2 heterocycles. The number of carbonyl (C=O) groups excluding carboxylic acids is 2. The normalized spacial score (nSPS) is 15.6. The van der Waals surface area contributed by atoms with Gasteiger partial charge in [0.15, 0.2) is 0 Å². The number of hydrogen-bond donors (Lipinski definition) is 1. The van der Waals surface area contributed by atoms with Crippen molar-refractivity contribution in [2.45, 2.75) is 38.6 Å². The minimum absolute atomic E-state index is 0.0235. The molecule has 1 aliphatic heterocycles. The number of methoxy groups -OCH3 is 1. The van der Waals surface area contributed by atoms with Crippen LogP contribution < -0.4 is 10.1 Å². The van der Waals surface area contributed by atoms with Gasteiger partial charge in [-0.15, -0.1) is 0 Å². The number of nitrogens with zero attached hydrogens (tertiary/aromatic N) is 2. The molecule has 0 bridgehead atoms. The summed E-state index contributed by atoms with van der Waals surface area (Å²) in [7, 11) is 1.59. The Balaban J connectivity index is 1.89. The number of hydrogen-bond acceptors (Lipinski definition) is 4. The highest BCUT2D eigenvalue weighted by molar-refractivity contribution is 6.01. The number of aromatic nitrogens is 1. The summed E-state index contributed by atoms with van der Waals surface area (Å²) in [6.07, 6.45) is 5.52. The number of pyridine rings is 1. The molecular formula is C21H25N3O3. The smallest absolute Gasteiger partial charge is 0.231 e. The van der Waals surface area contributed by atoms with Crippen LogP contribution >= 0.6 is 0 Å². The Bertz CT molecular complexity index is 808. The largest absolute Gasteiger partial charge is 0.497 e. The molecule has 3 rings (SSSR count). The summed E-state index contributed by atoms with van der Waals surface area (Å²) in [5.41, 5.74) is 2.53. The van der Waals surface area contributed by atoms with Crippen LogP contribution in [0.15, 0.2) is 42.7 Å². The molecule has 0 fully saturated rings. The van der Waals surface area contributed by atoms with Crippen molar-refractivity contribution in [3.63, 3.8) is 0 Å². The van der Waals surface area contributed by atoms with E-state index < -0.39 is 5.92 Å². The summed E-state index contributed by atoms with van der Waals surface area (Å²) in [5.74, 6) is 0.0227. The van der Waals surface area contributed by atoms with Crippen LogP contribution in [0.5, 0.6) is 5.75 Å². The lowest BCUT2D eigenvalue weighted by Crippen LogP contribution is -2.38. The minimum atomic E-state index is -0.498. The zero-order valence-electron chi connectivity index (χ0n) is 15.8. The lowest BCUT2D eigenvalue weighted by atomic mass is 9.89. The fourth-order valence-electron chi connectivity index (χ4n) is 3.33. The van der Waals surface area contributed by atoms with Crippen molar-refractivity contribution < 1.29 is 14.3 Å². The van der Waals surface area contributed by atoms with Gasteiger partial charge in [-0.3, -0.25) is 14.6 Å². The third kappa shape index (κ3) is 4.45. The van der Waals surface area contributed by atoms with Crippen molar-refractivity contribution >= 4 is 17.5 Å². The van der Waals surface area contributed by atoms with Crippen molar-refractivity contribution in [2.75, 3.05) is 19.0 Å². The average Bonchev–Trinajstić information content (AvgIpc) is 2.70. The van der Waals surface area contributed by atoms with Crippen molar-refractivity contribution in [3.05, 3.63) is 53.9 Å². The monoisotopic (exact) mass is 367 g/mol.